The third kappa shape index (κ3) is 31.5. The van der Waals surface area contributed by atoms with Gasteiger partial charge in [-0.2, -0.15) is 0 Å². The Hall–Kier alpha value is -2.19. The van der Waals surface area contributed by atoms with Gasteiger partial charge in [-0.1, -0.05) is 147 Å². The Morgan fingerprint density at radius 3 is 1.63 bits per heavy atom. The van der Waals surface area contributed by atoms with Crippen molar-refractivity contribution in [3.8, 4) is 0 Å². The molecular weight excluding hydrogens is 618 g/mol. The minimum absolute atomic E-state index is 0.0206. The minimum atomic E-state index is -1.13. The number of carboxylic acids is 1. The molecule has 0 N–H and O–H groups in total. The Bertz CT molecular complexity index is 864. The van der Waals surface area contributed by atoms with Crippen LogP contribution in [0.1, 0.15) is 168 Å². The van der Waals surface area contributed by atoms with Crippen molar-refractivity contribution in [1.82, 2.24) is 0 Å². The summed E-state index contributed by atoms with van der Waals surface area (Å²) in [5.74, 6) is -1.82. The molecule has 0 radical (unpaired) electrons. The van der Waals surface area contributed by atoms with Crippen LogP contribution in [0.4, 0.5) is 0 Å². The van der Waals surface area contributed by atoms with Crippen molar-refractivity contribution in [3.05, 3.63) is 24.3 Å². The number of carbonyl (C=O) groups is 3. The molecule has 2 unspecified atom stereocenters. The van der Waals surface area contributed by atoms with E-state index in [4.69, 9.17) is 14.2 Å². The summed E-state index contributed by atoms with van der Waals surface area (Å²) >= 11 is 0. The average molecular weight is 694 g/mol. The molecule has 49 heavy (non-hydrogen) atoms. The summed E-state index contributed by atoms with van der Waals surface area (Å²) in [6.07, 6.45) is 33.9. The number of esters is 2. The second-order valence-corrected chi connectivity index (χ2v) is 14.5. The zero-order chi connectivity index (χ0) is 36.4. The zero-order valence-corrected chi connectivity index (χ0v) is 32.4. The number of hydrogen-bond donors (Lipinski definition) is 0. The average Bonchev–Trinajstić information content (AvgIpc) is 3.05. The Morgan fingerprint density at radius 1 is 0.633 bits per heavy atom. The molecule has 0 aromatic heterocycles. The molecular formula is C41H75NO7. The lowest BCUT2D eigenvalue weighted by molar-refractivity contribution is -0.889. The zero-order valence-electron chi connectivity index (χ0n) is 32.4. The number of likely N-dealkylation sites (N-methyl/N-ethyl adjacent to an activating group) is 1. The highest BCUT2D eigenvalue weighted by molar-refractivity contribution is 5.70. The molecule has 8 nitrogen and oxygen atoms in total. The first-order valence-corrected chi connectivity index (χ1v) is 19.9. The molecule has 2 atom stereocenters. The molecule has 0 rings (SSSR count). The van der Waals surface area contributed by atoms with Gasteiger partial charge >= 0.3 is 11.9 Å². The van der Waals surface area contributed by atoms with Crippen molar-refractivity contribution in [2.75, 3.05) is 41.0 Å². The normalized spacial score (nSPS) is 13.2. The SMILES string of the molecule is CC/C=C/C/C=C/CCC(=O)OC(COCCC(C(=O)[O-])[N+](C)(C)C)COC(=O)CCCCCCCCCCCCCCCCCCCC. The van der Waals surface area contributed by atoms with Crippen LogP contribution in [-0.4, -0.2) is 75.5 Å². The fourth-order valence-corrected chi connectivity index (χ4v) is 5.78. The molecule has 0 saturated carbocycles. The molecule has 0 bridgehead atoms. The van der Waals surface area contributed by atoms with Crippen LogP contribution >= 0.6 is 0 Å². The number of hydrogen-bond acceptors (Lipinski definition) is 7. The van der Waals surface area contributed by atoms with Gasteiger partial charge in [-0.05, 0) is 25.7 Å². The second-order valence-electron chi connectivity index (χ2n) is 14.5. The van der Waals surface area contributed by atoms with E-state index in [-0.39, 0.29) is 49.1 Å². The molecule has 0 aromatic rings. The van der Waals surface area contributed by atoms with E-state index in [1.54, 1.807) is 21.1 Å². The van der Waals surface area contributed by atoms with Gasteiger partial charge in [0.15, 0.2) is 6.10 Å². The van der Waals surface area contributed by atoms with E-state index in [0.29, 0.717) is 12.8 Å². The van der Waals surface area contributed by atoms with E-state index < -0.39 is 18.1 Å². The predicted molar refractivity (Wildman–Crippen MR) is 199 cm³/mol. The monoisotopic (exact) mass is 694 g/mol. The first-order chi connectivity index (χ1) is 23.6. The fraction of sp³-hybridized carbons (Fsp3) is 0.829. The van der Waals surface area contributed by atoms with Gasteiger partial charge in [-0.25, -0.2) is 0 Å². The highest BCUT2D eigenvalue weighted by Crippen LogP contribution is 2.15. The molecule has 0 amide bonds. The molecule has 0 saturated heterocycles. The van der Waals surface area contributed by atoms with Gasteiger partial charge in [0.05, 0.1) is 40.3 Å². The Kier molecular flexibility index (Phi) is 31.5. The smallest absolute Gasteiger partial charge is 0.306 e. The van der Waals surface area contributed by atoms with Crippen LogP contribution in [0.2, 0.25) is 0 Å². The number of rotatable bonds is 35. The second kappa shape index (κ2) is 33.0. The van der Waals surface area contributed by atoms with Crippen LogP contribution in [0.5, 0.6) is 0 Å². The number of carbonyl (C=O) groups excluding carboxylic acids is 3. The number of carboxylic acid groups (broad SMARTS) is 1. The Balaban J connectivity index is 4.23. The van der Waals surface area contributed by atoms with Crippen LogP contribution in [0.3, 0.4) is 0 Å². The van der Waals surface area contributed by atoms with E-state index in [1.807, 2.05) is 12.2 Å². The van der Waals surface area contributed by atoms with Crippen molar-refractivity contribution < 1.29 is 38.2 Å². The molecule has 0 aliphatic carbocycles. The van der Waals surface area contributed by atoms with Crippen LogP contribution in [0, 0.1) is 0 Å². The van der Waals surface area contributed by atoms with Gasteiger partial charge in [-0.15, -0.1) is 0 Å². The van der Waals surface area contributed by atoms with Crippen molar-refractivity contribution in [1.29, 1.82) is 0 Å². The summed E-state index contributed by atoms with van der Waals surface area (Å²) in [6, 6.07) is -0.729. The van der Waals surface area contributed by atoms with E-state index in [1.165, 1.54) is 96.3 Å². The summed E-state index contributed by atoms with van der Waals surface area (Å²) in [7, 11) is 5.37. The molecule has 0 aromatic carbocycles. The predicted octanol–water partition coefficient (Wildman–Crippen LogP) is 8.80. The maximum atomic E-state index is 12.5. The Morgan fingerprint density at radius 2 is 1.14 bits per heavy atom. The number of ether oxygens (including phenoxy) is 3. The summed E-state index contributed by atoms with van der Waals surface area (Å²) in [6.45, 7) is 4.45. The van der Waals surface area contributed by atoms with Crippen molar-refractivity contribution in [3.63, 3.8) is 0 Å². The van der Waals surface area contributed by atoms with Crippen molar-refractivity contribution >= 4 is 17.9 Å². The number of nitrogens with zero attached hydrogens (tertiary/aromatic N) is 1. The largest absolute Gasteiger partial charge is 0.544 e. The van der Waals surface area contributed by atoms with Crippen molar-refractivity contribution in [2.45, 2.75) is 180 Å². The van der Waals surface area contributed by atoms with Gasteiger partial charge in [0.1, 0.15) is 12.6 Å². The summed E-state index contributed by atoms with van der Waals surface area (Å²) < 4.78 is 17.0. The van der Waals surface area contributed by atoms with Gasteiger partial charge < -0.3 is 28.6 Å². The topological polar surface area (TPSA) is 102 Å². The highest BCUT2D eigenvalue weighted by Gasteiger charge is 2.25. The minimum Gasteiger partial charge on any atom is -0.544 e. The lowest BCUT2D eigenvalue weighted by Gasteiger charge is -2.34. The molecule has 0 fully saturated rings. The third-order valence-electron chi connectivity index (χ3n) is 8.87. The number of allylic oxidation sites excluding steroid dienone is 4. The van der Waals surface area contributed by atoms with E-state index >= 15 is 0 Å². The number of aliphatic carboxylic acids is 1. The lowest BCUT2D eigenvalue weighted by atomic mass is 10.0. The first kappa shape index (κ1) is 46.8. The molecule has 0 aliphatic heterocycles. The van der Waals surface area contributed by atoms with Gasteiger partial charge in [-0.3, -0.25) is 9.59 Å². The van der Waals surface area contributed by atoms with Gasteiger partial charge in [0, 0.05) is 19.3 Å². The molecule has 0 spiro atoms. The lowest BCUT2D eigenvalue weighted by Crippen LogP contribution is -2.55. The third-order valence-corrected chi connectivity index (χ3v) is 8.87. The number of quaternary nitrogens is 1. The molecule has 286 valence electrons. The van der Waals surface area contributed by atoms with E-state index in [9.17, 15) is 19.5 Å². The first-order valence-electron chi connectivity index (χ1n) is 19.9. The molecule has 0 heterocycles. The van der Waals surface area contributed by atoms with Crippen LogP contribution in [0.15, 0.2) is 24.3 Å². The van der Waals surface area contributed by atoms with Crippen LogP contribution in [-0.2, 0) is 28.6 Å². The Labute approximate surface area is 301 Å². The quantitative estimate of drug-likeness (QED) is 0.0283. The van der Waals surface area contributed by atoms with E-state index in [2.05, 4.69) is 26.0 Å². The van der Waals surface area contributed by atoms with E-state index in [0.717, 1.165) is 32.1 Å². The molecule has 8 heteroatoms. The number of unbranched alkanes of at least 4 members (excludes halogenated alkanes) is 17. The van der Waals surface area contributed by atoms with Gasteiger partial charge in [0.25, 0.3) is 0 Å². The summed E-state index contributed by atoms with van der Waals surface area (Å²) in [4.78, 5) is 36.5. The summed E-state index contributed by atoms with van der Waals surface area (Å²) in [5.41, 5.74) is 0. The fourth-order valence-electron chi connectivity index (χ4n) is 5.78. The summed E-state index contributed by atoms with van der Waals surface area (Å²) in [5, 5.41) is 11.5. The maximum Gasteiger partial charge on any atom is 0.306 e. The van der Waals surface area contributed by atoms with Crippen molar-refractivity contribution in [2.24, 2.45) is 0 Å². The maximum absolute atomic E-state index is 12.5. The highest BCUT2D eigenvalue weighted by atomic mass is 16.6. The standard InChI is InChI=1S/C41H75NO7/c1-6-8-10-12-14-15-16-17-18-19-20-21-22-23-24-26-27-29-31-39(43)48-36-37(35-47-34-33-38(41(45)46)42(3,4)5)49-40(44)32-30-28-25-13-11-9-7-2/h9,11,25,28,37-38H,6-8,10,12-24,26-27,29-36H2,1-5H3/b11-9+,28-25+. The van der Waals surface area contributed by atoms with Crippen LogP contribution in [0.25, 0.3) is 0 Å². The van der Waals surface area contributed by atoms with Crippen LogP contribution < -0.4 is 5.11 Å². The van der Waals surface area contributed by atoms with Gasteiger partial charge in [0.2, 0.25) is 0 Å². The molecule has 0 aliphatic rings.